The summed E-state index contributed by atoms with van der Waals surface area (Å²) in [5, 5.41) is 3.28. The van der Waals surface area contributed by atoms with Crippen molar-refractivity contribution in [1.82, 2.24) is 10.2 Å². The molecule has 0 spiro atoms. The molecule has 1 aliphatic rings. The normalized spacial score (nSPS) is 18.7. The van der Waals surface area contributed by atoms with Crippen LogP contribution in [0.5, 0.6) is 5.75 Å². The van der Waals surface area contributed by atoms with Gasteiger partial charge in [-0.25, -0.2) is 9.79 Å². The number of likely N-dealkylation sites (tertiary alicyclic amines) is 1. The molecule has 9 heteroatoms. The van der Waals surface area contributed by atoms with Gasteiger partial charge in [-0.1, -0.05) is 13.0 Å². The minimum Gasteiger partial charge on any atom is -0.496 e. The average molecular weight is 519 g/mol. The molecule has 162 valence electrons. The quantitative estimate of drug-likeness (QED) is 0.267. The zero-order valence-electron chi connectivity index (χ0n) is 17.6. The number of carbonyl (C=O) groups is 2. The molecule has 0 aromatic heterocycles. The van der Waals surface area contributed by atoms with E-state index in [1.807, 2.05) is 19.9 Å². The van der Waals surface area contributed by atoms with E-state index in [4.69, 9.17) is 19.2 Å². The largest absolute Gasteiger partial charge is 0.496 e. The molecule has 1 aromatic carbocycles. The maximum atomic E-state index is 12.0. The SMILES string of the molecule is CCNC(=NCc1ccc(C(=O)OC)c(OC)c1)N1CC(C)C(C(=O)OC)C1.I. The van der Waals surface area contributed by atoms with Crippen molar-refractivity contribution >= 4 is 41.9 Å². The van der Waals surface area contributed by atoms with Crippen LogP contribution in [0.1, 0.15) is 29.8 Å². The van der Waals surface area contributed by atoms with E-state index in [9.17, 15) is 9.59 Å². The van der Waals surface area contributed by atoms with Gasteiger partial charge in [-0.3, -0.25) is 4.79 Å². The van der Waals surface area contributed by atoms with Crippen LogP contribution in [-0.4, -0.2) is 63.8 Å². The van der Waals surface area contributed by atoms with Crippen LogP contribution in [0, 0.1) is 11.8 Å². The number of rotatable bonds is 6. The summed E-state index contributed by atoms with van der Waals surface area (Å²) in [6.45, 7) is 6.48. The van der Waals surface area contributed by atoms with E-state index in [2.05, 4.69) is 10.2 Å². The van der Waals surface area contributed by atoms with Crippen LogP contribution in [0.2, 0.25) is 0 Å². The van der Waals surface area contributed by atoms with E-state index in [1.54, 1.807) is 12.1 Å². The van der Waals surface area contributed by atoms with Crippen molar-refractivity contribution in [2.24, 2.45) is 16.8 Å². The van der Waals surface area contributed by atoms with Gasteiger partial charge in [0.1, 0.15) is 11.3 Å². The summed E-state index contributed by atoms with van der Waals surface area (Å²) in [4.78, 5) is 30.5. The standard InChI is InChI=1S/C20H29N3O5.HI/c1-6-21-20(23-11-13(2)16(12-23)19(25)28-5)22-10-14-7-8-15(18(24)27-4)17(9-14)26-3;/h7-9,13,16H,6,10-12H2,1-5H3,(H,21,22);1H. The Kier molecular flexibility index (Phi) is 10.2. The second-order valence-electron chi connectivity index (χ2n) is 6.71. The third kappa shape index (κ3) is 6.22. The van der Waals surface area contributed by atoms with Gasteiger partial charge in [-0.2, -0.15) is 0 Å². The van der Waals surface area contributed by atoms with Crippen molar-refractivity contribution in [3.05, 3.63) is 29.3 Å². The number of hydrogen-bond donors (Lipinski definition) is 1. The summed E-state index contributed by atoms with van der Waals surface area (Å²) in [6.07, 6.45) is 0. The van der Waals surface area contributed by atoms with Gasteiger partial charge in [-0.05, 0) is 30.5 Å². The number of ether oxygens (including phenoxy) is 3. The van der Waals surface area contributed by atoms with Crippen LogP contribution in [0.15, 0.2) is 23.2 Å². The molecule has 8 nitrogen and oxygen atoms in total. The Bertz CT molecular complexity index is 741. The van der Waals surface area contributed by atoms with E-state index >= 15 is 0 Å². The third-order valence-corrected chi connectivity index (χ3v) is 4.83. The summed E-state index contributed by atoms with van der Waals surface area (Å²) in [6, 6.07) is 5.28. The van der Waals surface area contributed by atoms with Gasteiger partial charge in [0.2, 0.25) is 0 Å². The number of methoxy groups -OCH3 is 3. The zero-order chi connectivity index (χ0) is 20.7. The van der Waals surface area contributed by atoms with Gasteiger partial charge >= 0.3 is 11.9 Å². The molecule has 1 fully saturated rings. The van der Waals surface area contributed by atoms with E-state index in [-0.39, 0.29) is 41.8 Å². The van der Waals surface area contributed by atoms with E-state index < -0.39 is 5.97 Å². The molecule has 0 radical (unpaired) electrons. The molecular formula is C20H30IN3O5. The number of guanidine groups is 1. The lowest BCUT2D eigenvalue weighted by atomic mass is 9.99. The minimum atomic E-state index is -0.444. The first kappa shape index (κ1) is 25.0. The molecule has 1 saturated heterocycles. The van der Waals surface area contributed by atoms with Crippen molar-refractivity contribution in [2.45, 2.75) is 20.4 Å². The van der Waals surface area contributed by atoms with Crippen molar-refractivity contribution in [3.8, 4) is 5.75 Å². The van der Waals surface area contributed by atoms with Crippen LogP contribution >= 0.6 is 24.0 Å². The van der Waals surface area contributed by atoms with Crippen molar-refractivity contribution < 1.29 is 23.8 Å². The highest BCUT2D eigenvalue weighted by Gasteiger charge is 2.36. The summed E-state index contributed by atoms with van der Waals surface area (Å²) < 4.78 is 15.0. The lowest BCUT2D eigenvalue weighted by molar-refractivity contribution is -0.145. The molecular weight excluding hydrogens is 489 g/mol. The highest BCUT2D eigenvalue weighted by atomic mass is 127. The molecule has 2 unspecified atom stereocenters. The molecule has 0 saturated carbocycles. The van der Waals surface area contributed by atoms with Gasteiger partial charge in [0.25, 0.3) is 0 Å². The van der Waals surface area contributed by atoms with Crippen LogP contribution < -0.4 is 10.1 Å². The molecule has 29 heavy (non-hydrogen) atoms. The summed E-state index contributed by atoms with van der Waals surface area (Å²) >= 11 is 0. The second kappa shape index (κ2) is 11.8. The number of aliphatic imine (C=N–C) groups is 1. The van der Waals surface area contributed by atoms with Crippen LogP contribution in [0.3, 0.4) is 0 Å². The Labute approximate surface area is 189 Å². The fourth-order valence-corrected chi connectivity index (χ4v) is 3.30. The monoisotopic (exact) mass is 519 g/mol. The van der Waals surface area contributed by atoms with Gasteiger partial charge in [0.05, 0.1) is 33.8 Å². The number of carbonyl (C=O) groups excluding carboxylic acids is 2. The smallest absolute Gasteiger partial charge is 0.341 e. The Hall–Kier alpha value is -2.04. The molecule has 2 rings (SSSR count). The molecule has 0 amide bonds. The highest BCUT2D eigenvalue weighted by Crippen LogP contribution is 2.25. The number of hydrogen-bond acceptors (Lipinski definition) is 6. The molecule has 1 N–H and O–H groups in total. The van der Waals surface area contributed by atoms with Crippen molar-refractivity contribution in [2.75, 3.05) is 41.0 Å². The first-order valence-corrected chi connectivity index (χ1v) is 9.31. The molecule has 1 aliphatic heterocycles. The Morgan fingerprint density at radius 1 is 1.21 bits per heavy atom. The number of nitrogens with one attached hydrogen (secondary N) is 1. The molecule has 2 atom stereocenters. The molecule has 1 aromatic rings. The van der Waals surface area contributed by atoms with Crippen LogP contribution in [0.4, 0.5) is 0 Å². The van der Waals surface area contributed by atoms with E-state index in [0.29, 0.717) is 24.4 Å². The van der Waals surface area contributed by atoms with Crippen LogP contribution in [0.25, 0.3) is 0 Å². The summed E-state index contributed by atoms with van der Waals surface area (Å²) in [5.74, 6) is 0.597. The fraction of sp³-hybridized carbons (Fsp3) is 0.550. The fourth-order valence-electron chi connectivity index (χ4n) is 3.30. The maximum absolute atomic E-state index is 12.0. The van der Waals surface area contributed by atoms with Crippen LogP contribution in [-0.2, 0) is 20.8 Å². The van der Waals surface area contributed by atoms with E-state index in [0.717, 1.165) is 24.6 Å². The number of nitrogens with zero attached hydrogens (tertiary/aromatic N) is 2. The van der Waals surface area contributed by atoms with Gasteiger partial charge in [0.15, 0.2) is 5.96 Å². The lowest BCUT2D eigenvalue weighted by Crippen LogP contribution is -2.40. The first-order valence-electron chi connectivity index (χ1n) is 9.31. The van der Waals surface area contributed by atoms with E-state index in [1.165, 1.54) is 21.3 Å². The first-order chi connectivity index (χ1) is 13.4. The third-order valence-electron chi connectivity index (χ3n) is 4.83. The lowest BCUT2D eigenvalue weighted by Gasteiger charge is -2.21. The molecule has 0 aliphatic carbocycles. The molecule has 1 heterocycles. The van der Waals surface area contributed by atoms with Gasteiger partial charge in [0, 0.05) is 19.6 Å². The Morgan fingerprint density at radius 3 is 2.52 bits per heavy atom. The predicted molar refractivity (Wildman–Crippen MR) is 121 cm³/mol. The number of esters is 2. The summed E-state index contributed by atoms with van der Waals surface area (Å²) in [5.41, 5.74) is 1.27. The topological polar surface area (TPSA) is 89.5 Å². The second-order valence-corrected chi connectivity index (χ2v) is 6.71. The maximum Gasteiger partial charge on any atom is 0.341 e. The summed E-state index contributed by atoms with van der Waals surface area (Å²) in [7, 11) is 4.27. The average Bonchev–Trinajstić information content (AvgIpc) is 3.11. The van der Waals surface area contributed by atoms with Crippen molar-refractivity contribution in [1.29, 1.82) is 0 Å². The van der Waals surface area contributed by atoms with Gasteiger partial charge < -0.3 is 24.4 Å². The Morgan fingerprint density at radius 2 is 1.93 bits per heavy atom. The minimum absolute atomic E-state index is 0. The zero-order valence-corrected chi connectivity index (χ0v) is 19.9. The number of benzene rings is 1. The highest BCUT2D eigenvalue weighted by molar-refractivity contribution is 14.0. The number of halogens is 1. The van der Waals surface area contributed by atoms with Crippen molar-refractivity contribution in [3.63, 3.8) is 0 Å². The Balaban J connectivity index is 0.00000420. The predicted octanol–water partition coefficient (Wildman–Crippen LogP) is 2.31. The molecule has 0 bridgehead atoms. The van der Waals surface area contributed by atoms with Gasteiger partial charge in [-0.15, -0.1) is 24.0 Å².